The second kappa shape index (κ2) is 64.4. The Morgan fingerprint density at radius 3 is 1.13 bits per heavy atom. The molecule has 1 N–H and O–H groups in total. The van der Waals surface area contributed by atoms with Crippen molar-refractivity contribution in [3.8, 4) is 0 Å². The normalized spacial score (nSPS) is 13.9. The standard InChI is InChI=1S/C75H139N2O7P/c1-7-10-13-16-19-22-25-27-29-31-33-35-36-37-38-39-40-42-43-45-47-49-52-55-58-61-64-67-74(78)76-72(71-83-85(80,81)82-70-69-77(4,5)6)73(66-63-60-57-54-51-24-21-18-15-12-9-3)84-75(79)68-65-62-59-56-53-50-48-46-44-41-34-32-30-28-26-23-20-17-14-11-8-2/h10,13,19,22,27,29,33,35,37-38,63,66,72-73H,7-9,11-12,14-18,20-21,23-26,28,30-32,34,36,39-62,64-65,67-71H2,1-6H3,(H-,76,78,80,81)/b13-10-,22-19-,29-27-,35-33-,38-37-,66-63-. The summed E-state index contributed by atoms with van der Waals surface area (Å²) in [5.74, 6) is -0.532. The Balaban J connectivity index is 4.98. The van der Waals surface area contributed by atoms with Gasteiger partial charge in [-0.05, 0) is 76.7 Å². The first-order valence-electron chi connectivity index (χ1n) is 36.2. The van der Waals surface area contributed by atoms with Crippen LogP contribution in [0.15, 0.2) is 72.9 Å². The summed E-state index contributed by atoms with van der Waals surface area (Å²) in [4.78, 5) is 40.2. The summed E-state index contributed by atoms with van der Waals surface area (Å²) >= 11 is 0. The number of hydrogen-bond donors (Lipinski definition) is 1. The molecule has 0 saturated carbocycles. The maximum absolute atomic E-state index is 13.6. The van der Waals surface area contributed by atoms with Gasteiger partial charge in [0.1, 0.15) is 19.3 Å². The lowest BCUT2D eigenvalue weighted by molar-refractivity contribution is -0.870. The lowest BCUT2D eigenvalue weighted by atomic mass is 10.0. The van der Waals surface area contributed by atoms with Crippen molar-refractivity contribution >= 4 is 19.7 Å². The van der Waals surface area contributed by atoms with Crippen LogP contribution in [0.4, 0.5) is 0 Å². The van der Waals surface area contributed by atoms with E-state index in [1.807, 2.05) is 33.3 Å². The number of phosphoric ester groups is 1. The van der Waals surface area contributed by atoms with Gasteiger partial charge in [-0.2, -0.15) is 0 Å². The van der Waals surface area contributed by atoms with Crippen LogP contribution in [0.25, 0.3) is 0 Å². The Morgan fingerprint density at radius 2 is 0.753 bits per heavy atom. The van der Waals surface area contributed by atoms with Crippen molar-refractivity contribution in [1.29, 1.82) is 0 Å². The van der Waals surface area contributed by atoms with Gasteiger partial charge in [0.15, 0.2) is 0 Å². The average molecular weight is 1210 g/mol. The van der Waals surface area contributed by atoms with Gasteiger partial charge in [0, 0.05) is 12.8 Å². The van der Waals surface area contributed by atoms with Crippen LogP contribution in [0.5, 0.6) is 0 Å². The summed E-state index contributed by atoms with van der Waals surface area (Å²) < 4.78 is 30.4. The molecular formula is C75H139N2O7P. The molecule has 0 rings (SSSR count). The smallest absolute Gasteiger partial charge is 0.306 e. The number of amides is 1. The maximum atomic E-state index is 13.6. The number of unbranched alkanes of at least 4 members (excludes halogenated alkanes) is 40. The molecule has 0 bridgehead atoms. The SMILES string of the molecule is CC/C=C\C/C=C\C/C=C\C/C=C\C/C=C\CCCCCCCCCCCCCC(=O)NC(COP(=O)([O-])OCC[N+](C)(C)C)C(/C=C\CCCCCCCCCCC)OC(=O)CCCCCCCCCCCCCCCCCCCCCCC. The van der Waals surface area contributed by atoms with Crippen molar-refractivity contribution in [2.24, 2.45) is 0 Å². The highest BCUT2D eigenvalue weighted by Crippen LogP contribution is 2.38. The largest absolute Gasteiger partial charge is 0.756 e. The number of rotatable bonds is 66. The van der Waals surface area contributed by atoms with Crippen molar-refractivity contribution in [2.45, 2.75) is 354 Å². The third-order valence-electron chi connectivity index (χ3n) is 16.2. The molecule has 0 saturated heterocycles. The lowest BCUT2D eigenvalue weighted by Gasteiger charge is -2.30. The Kier molecular flexibility index (Phi) is 62.5. The molecule has 9 nitrogen and oxygen atoms in total. The van der Waals surface area contributed by atoms with Gasteiger partial charge in [-0.25, -0.2) is 0 Å². The van der Waals surface area contributed by atoms with E-state index in [1.54, 1.807) is 0 Å². The zero-order valence-corrected chi connectivity index (χ0v) is 57.7. The number of likely N-dealkylation sites (N-methyl/N-ethyl adjacent to an activating group) is 1. The van der Waals surface area contributed by atoms with Crippen molar-refractivity contribution in [3.63, 3.8) is 0 Å². The minimum atomic E-state index is -4.70. The number of carbonyl (C=O) groups is 2. The molecule has 0 aromatic rings. The van der Waals surface area contributed by atoms with E-state index in [0.717, 1.165) is 96.3 Å². The number of phosphoric acid groups is 1. The maximum Gasteiger partial charge on any atom is 0.306 e. The molecule has 0 fully saturated rings. The van der Waals surface area contributed by atoms with Gasteiger partial charge in [-0.1, -0.05) is 325 Å². The van der Waals surface area contributed by atoms with Gasteiger partial charge in [-0.15, -0.1) is 0 Å². The van der Waals surface area contributed by atoms with E-state index in [9.17, 15) is 19.0 Å². The van der Waals surface area contributed by atoms with Crippen LogP contribution in [0.2, 0.25) is 0 Å². The quantitative estimate of drug-likeness (QED) is 0.0212. The van der Waals surface area contributed by atoms with Crippen molar-refractivity contribution in [1.82, 2.24) is 5.32 Å². The van der Waals surface area contributed by atoms with Crippen molar-refractivity contribution in [3.05, 3.63) is 72.9 Å². The van der Waals surface area contributed by atoms with Gasteiger partial charge in [-0.3, -0.25) is 14.2 Å². The van der Waals surface area contributed by atoms with Gasteiger partial charge < -0.3 is 28.5 Å². The van der Waals surface area contributed by atoms with Crippen molar-refractivity contribution < 1.29 is 37.3 Å². The van der Waals surface area contributed by atoms with Crippen LogP contribution in [0.1, 0.15) is 342 Å². The number of esters is 1. The third kappa shape index (κ3) is 65.7. The zero-order chi connectivity index (χ0) is 62.1. The summed E-state index contributed by atoms with van der Waals surface area (Å²) in [5.41, 5.74) is 0. The predicted molar refractivity (Wildman–Crippen MR) is 367 cm³/mol. The van der Waals surface area contributed by atoms with E-state index in [1.165, 1.54) is 212 Å². The molecule has 0 spiro atoms. The van der Waals surface area contributed by atoms with E-state index in [4.69, 9.17) is 13.8 Å². The predicted octanol–water partition coefficient (Wildman–Crippen LogP) is 22.5. The molecule has 0 aliphatic rings. The molecule has 0 aliphatic carbocycles. The molecule has 0 aromatic carbocycles. The molecule has 496 valence electrons. The monoisotopic (exact) mass is 1210 g/mol. The van der Waals surface area contributed by atoms with Crippen LogP contribution in [0, 0.1) is 0 Å². The van der Waals surface area contributed by atoms with Crippen LogP contribution >= 0.6 is 7.82 Å². The van der Waals surface area contributed by atoms with E-state index in [2.05, 4.69) is 86.8 Å². The molecule has 1 amide bonds. The first-order valence-corrected chi connectivity index (χ1v) is 37.7. The Labute approximate surface area is 527 Å². The number of nitrogens with one attached hydrogen (secondary N) is 1. The second-order valence-electron chi connectivity index (χ2n) is 25.7. The fourth-order valence-electron chi connectivity index (χ4n) is 10.6. The molecule has 10 heteroatoms. The van der Waals surface area contributed by atoms with E-state index in [0.29, 0.717) is 17.4 Å². The first-order chi connectivity index (χ1) is 41.4. The Hall–Kier alpha value is -2.55. The van der Waals surface area contributed by atoms with Gasteiger partial charge in [0.25, 0.3) is 7.82 Å². The highest BCUT2D eigenvalue weighted by atomic mass is 31.2. The lowest BCUT2D eigenvalue weighted by Crippen LogP contribution is -2.47. The summed E-state index contributed by atoms with van der Waals surface area (Å²) in [5, 5.41) is 3.04. The fraction of sp³-hybridized carbons (Fsp3) is 0.813. The highest BCUT2D eigenvalue weighted by molar-refractivity contribution is 7.45. The number of carbonyl (C=O) groups excluding carboxylic acids is 2. The molecule has 0 radical (unpaired) electrons. The molecule has 85 heavy (non-hydrogen) atoms. The summed E-state index contributed by atoms with van der Waals surface area (Å²) in [6.45, 7) is 6.77. The summed E-state index contributed by atoms with van der Waals surface area (Å²) in [7, 11) is 1.19. The Bertz CT molecular complexity index is 1680. The number of quaternary nitrogens is 1. The number of allylic oxidation sites excluding steroid dienone is 11. The molecule has 0 aliphatic heterocycles. The van der Waals surface area contributed by atoms with Gasteiger partial charge >= 0.3 is 5.97 Å². The Morgan fingerprint density at radius 1 is 0.424 bits per heavy atom. The molecule has 0 aromatic heterocycles. The summed E-state index contributed by atoms with van der Waals surface area (Å²) in [6, 6.07) is -0.891. The second-order valence-corrected chi connectivity index (χ2v) is 27.1. The van der Waals surface area contributed by atoms with E-state index < -0.39 is 20.0 Å². The molecule has 0 heterocycles. The van der Waals surface area contributed by atoms with Crippen LogP contribution in [-0.2, 0) is 27.9 Å². The topological polar surface area (TPSA) is 114 Å². The number of ether oxygens (including phenoxy) is 1. The van der Waals surface area contributed by atoms with E-state index in [-0.39, 0.29) is 31.5 Å². The molecular weight excluding hydrogens is 1070 g/mol. The van der Waals surface area contributed by atoms with Crippen molar-refractivity contribution in [2.75, 3.05) is 40.9 Å². The number of hydrogen-bond acceptors (Lipinski definition) is 7. The minimum Gasteiger partial charge on any atom is -0.756 e. The first kappa shape index (κ1) is 82.5. The average Bonchev–Trinajstić information content (AvgIpc) is 3.64. The minimum absolute atomic E-state index is 0.0230. The molecule has 3 atom stereocenters. The van der Waals surface area contributed by atoms with E-state index >= 15 is 0 Å². The third-order valence-corrected chi connectivity index (χ3v) is 17.1. The number of nitrogens with zero attached hydrogens (tertiary/aromatic N) is 1. The van der Waals surface area contributed by atoms with Gasteiger partial charge in [0.2, 0.25) is 5.91 Å². The van der Waals surface area contributed by atoms with Crippen LogP contribution in [-0.4, -0.2) is 69.4 Å². The molecule has 3 unspecified atom stereocenters. The summed E-state index contributed by atoms with van der Waals surface area (Å²) in [6.07, 6.45) is 84.6. The highest BCUT2D eigenvalue weighted by Gasteiger charge is 2.27. The van der Waals surface area contributed by atoms with Crippen LogP contribution in [0.3, 0.4) is 0 Å². The van der Waals surface area contributed by atoms with Gasteiger partial charge in [0.05, 0.1) is 33.8 Å². The van der Waals surface area contributed by atoms with Crippen LogP contribution < -0.4 is 10.2 Å². The zero-order valence-electron chi connectivity index (χ0n) is 56.8. The fourth-order valence-corrected chi connectivity index (χ4v) is 11.3.